The van der Waals surface area contributed by atoms with Gasteiger partial charge >= 0.3 is 0 Å². The minimum atomic E-state index is -3.14. The summed E-state index contributed by atoms with van der Waals surface area (Å²) in [5.41, 5.74) is 6.29. The molecule has 0 fully saturated rings. The lowest BCUT2D eigenvalue weighted by Crippen LogP contribution is -2.52. The first kappa shape index (κ1) is 12.5. The summed E-state index contributed by atoms with van der Waals surface area (Å²) in [6.07, 6.45) is 0.538. The van der Waals surface area contributed by atoms with Crippen molar-refractivity contribution in [3.63, 3.8) is 0 Å². The Hall–Kier alpha value is -0.910. The van der Waals surface area contributed by atoms with E-state index in [0.717, 1.165) is 12.1 Å². The van der Waals surface area contributed by atoms with Gasteiger partial charge < -0.3 is 11.1 Å². The topological polar surface area (TPSA) is 72.2 Å². The van der Waals surface area contributed by atoms with Gasteiger partial charge in [0.25, 0.3) is 0 Å². The standard InChI is InChI=1S/C12H18N2O2S/c1-2-14-12(9-13)7-8-17(15,16)11-6-4-3-5-10(11)12/h3-6,14H,2,7-9,13H2,1H3. The number of sulfone groups is 1. The number of hydrogen-bond acceptors (Lipinski definition) is 4. The maximum atomic E-state index is 12.0. The summed E-state index contributed by atoms with van der Waals surface area (Å²) < 4.78 is 24.0. The lowest BCUT2D eigenvalue weighted by molar-refractivity contribution is 0.325. The molecular weight excluding hydrogens is 236 g/mol. The highest BCUT2D eigenvalue weighted by molar-refractivity contribution is 7.91. The Balaban J connectivity index is 2.62. The van der Waals surface area contributed by atoms with Crippen LogP contribution in [0.4, 0.5) is 0 Å². The Kier molecular flexibility index (Phi) is 3.25. The Morgan fingerprint density at radius 2 is 2.12 bits per heavy atom. The highest BCUT2D eigenvalue weighted by Crippen LogP contribution is 2.36. The van der Waals surface area contributed by atoms with Crippen molar-refractivity contribution in [3.05, 3.63) is 29.8 Å². The normalized spacial score (nSPS) is 26.5. The van der Waals surface area contributed by atoms with Crippen LogP contribution in [0.2, 0.25) is 0 Å². The zero-order valence-corrected chi connectivity index (χ0v) is 10.8. The molecule has 1 aromatic carbocycles. The molecule has 1 atom stereocenters. The van der Waals surface area contributed by atoms with Crippen LogP contribution in [0.15, 0.2) is 29.2 Å². The number of likely N-dealkylation sites (N-methyl/N-ethyl adjacent to an activating group) is 1. The van der Waals surface area contributed by atoms with E-state index >= 15 is 0 Å². The summed E-state index contributed by atoms with van der Waals surface area (Å²) in [7, 11) is -3.14. The van der Waals surface area contributed by atoms with Crippen molar-refractivity contribution in [1.82, 2.24) is 5.32 Å². The fraction of sp³-hybridized carbons (Fsp3) is 0.500. The molecule has 1 unspecified atom stereocenters. The summed E-state index contributed by atoms with van der Waals surface area (Å²) in [6, 6.07) is 7.16. The number of nitrogens with one attached hydrogen (secondary N) is 1. The zero-order valence-electron chi connectivity index (χ0n) is 9.94. The molecule has 0 saturated heterocycles. The molecular formula is C12H18N2O2S. The first-order chi connectivity index (χ1) is 8.06. The molecule has 17 heavy (non-hydrogen) atoms. The van der Waals surface area contributed by atoms with Crippen molar-refractivity contribution < 1.29 is 8.42 Å². The number of nitrogens with two attached hydrogens (primary N) is 1. The minimum absolute atomic E-state index is 0.161. The number of benzene rings is 1. The first-order valence-electron chi connectivity index (χ1n) is 5.83. The Morgan fingerprint density at radius 1 is 1.41 bits per heavy atom. The monoisotopic (exact) mass is 254 g/mol. The highest BCUT2D eigenvalue weighted by atomic mass is 32.2. The van der Waals surface area contributed by atoms with Gasteiger partial charge in [-0.1, -0.05) is 25.1 Å². The minimum Gasteiger partial charge on any atom is -0.328 e. The second-order valence-electron chi connectivity index (χ2n) is 4.38. The maximum absolute atomic E-state index is 12.0. The van der Waals surface area contributed by atoms with Crippen molar-refractivity contribution >= 4 is 9.84 Å². The Labute approximate surface area is 102 Å². The number of fused-ring (bicyclic) bond motifs is 1. The van der Waals surface area contributed by atoms with E-state index in [2.05, 4.69) is 5.32 Å². The summed E-state index contributed by atoms with van der Waals surface area (Å²) in [5, 5.41) is 3.35. The van der Waals surface area contributed by atoms with E-state index < -0.39 is 15.4 Å². The second-order valence-corrected chi connectivity index (χ2v) is 6.46. The molecule has 0 radical (unpaired) electrons. The molecule has 1 aromatic rings. The summed E-state index contributed by atoms with van der Waals surface area (Å²) in [4.78, 5) is 0.428. The Morgan fingerprint density at radius 3 is 2.76 bits per heavy atom. The lowest BCUT2D eigenvalue weighted by atomic mass is 9.86. The SMILES string of the molecule is CCNC1(CN)CCS(=O)(=O)c2ccccc21. The predicted molar refractivity (Wildman–Crippen MR) is 67.5 cm³/mol. The molecule has 0 aliphatic carbocycles. The van der Waals surface area contributed by atoms with Gasteiger partial charge in [0.1, 0.15) is 0 Å². The van der Waals surface area contributed by atoms with Crippen LogP contribution >= 0.6 is 0 Å². The second kappa shape index (κ2) is 4.40. The van der Waals surface area contributed by atoms with Gasteiger partial charge in [-0.3, -0.25) is 0 Å². The van der Waals surface area contributed by atoms with Crippen LogP contribution in [0.25, 0.3) is 0 Å². The van der Waals surface area contributed by atoms with Crippen molar-refractivity contribution in [2.75, 3.05) is 18.8 Å². The van der Waals surface area contributed by atoms with E-state index in [1.807, 2.05) is 19.1 Å². The average Bonchev–Trinajstić information content (AvgIpc) is 2.34. The molecule has 1 aliphatic rings. The van der Waals surface area contributed by atoms with Crippen molar-refractivity contribution in [1.29, 1.82) is 0 Å². The van der Waals surface area contributed by atoms with Crippen LogP contribution in [0, 0.1) is 0 Å². The summed E-state index contributed by atoms with van der Waals surface area (Å²) in [6.45, 7) is 3.18. The van der Waals surface area contributed by atoms with Crippen LogP contribution in [0.1, 0.15) is 18.9 Å². The molecule has 2 rings (SSSR count). The van der Waals surface area contributed by atoms with E-state index in [1.54, 1.807) is 12.1 Å². The quantitative estimate of drug-likeness (QED) is 0.830. The molecule has 0 amide bonds. The van der Waals surface area contributed by atoms with E-state index in [-0.39, 0.29) is 5.75 Å². The van der Waals surface area contributed by atoms with Crippen LogP contribution < -0.4 is 11.1 Å². The fourth-order valence-electron chi connectivity index (χ4n) is 2.49. The summed E-state index contributed by atoms with van der Waals surface area (Å²) >= 11 is 0. The van der Waals surface area contributed by atoms with Gasteiger partial charge in [0, 0.05) is 6.54 Å². The van der Waals surface area contributed by atoms with Crippen molar-refractivity contribution in [2.45, 2.75) is 23.8 Å². The molecule has 0 spiro atoms. The summed E-state index contributed by atoms with van der Waals surface area (Å²) in [5.74, 6) is 0.161. The molecule has 94 valence electrons. The van der Waals surface area contributed by atoms with Gasteiger partial charge in [-0.25, -0.2) is 8.42 Å². The first-order valence-corrected chi connectivity index (χ1v) is 7.48. The van der Waals surface area contributed by atoms with E-state index in [1.165, 1.54) is 0 Å². The molecule has 3 N–H and O–H groups in total. The van der Waals surface area contributed by atoms with Gasteiger partial charge in [-0.05, 0) is 24.6 Å². The van der Waals surface area contributed by atoms with E-state index in [9.17, 15) is 8.42 Å². The van der Waals surface area contributed by atoms with Crippen molar-refractivity contribution in [3.8, 4) is 0 Å². The van der Waals surface area contributed by atoms with Crippen LogP contribution in [0.3, 0.4) is 0 Å². The third-order valence-electron chi connectivity index (χ3n) is 3.40. The predicted octanol–water partition coefficient (Wildman–Crippen LogP) is 0.628. The fourth-order valence-corrected chi connectivity index (χ4v) is 4.21. The maximum Gasteiger partial charge on any atom is 0.178 e. The highest BCUT2D eigenvalue weighted by Gasteiger charge is 2.40. The van der Waals surface area contributed by atoms with E-state index in [0.29, 0.717) is 17.9 Å². The lowest BCUT2D eigenvalue weighted by Gasteiger charge is -2.38. The average molecular weight is 254 g/mol. The third kappa shape index (κ3) is 1.99. The van der Waals surface area contributed by atoms with Gasteiger partial charge in [0.2, 0.25) is 0 Å². The molecule has 0 saturated carbocycles. The largest absolute Gasteiger partial charge is 0.328 e. The van der Waals surface area contributed by atoms with Gasteiger partial charge in [0.05, 0.1) is 16.2 Å². The molecule has 5 heteroatoms. The van der Waals surface area contributed by atoms with E-state index in [4.69, 9.17) is 5.73 Å². The van der Waals surface area contributed by atoms with Crippen LogP contribution in [0.5, 0.6) is 0 Å². The van der Waals surface area contributed by atoms with Gasteiger partial charge in [-0.2, -0.15) is 0 Å². The Bertz CT molecular complexity index is 513. The third-order valence-corrected chi connectivity index (χ3v) is 5.17. The van der Waals surface area contributed by atoms with Crippen LogP contribution in [-0.2, 0) is 15.4 Å². The molecule has 0 aromatic heterocycles. The molecule has 1 heterocycles. The molecule has 4 nitrogen and oxygen atoms in total. The van der Waals surface area contributed by atoms with Crippen LogP contribution in [-0.4, -0.2) is 27.3 Å². The smallest absolute Gasteiger partial charge is 0.178 e. The molecule has 1 aliphatic heterocycles. The number of rotatable bonds is 3. The van der Waals surface area contributed by atoms with Crippen molar-refractivity contribution in [2.24, 2.45) is 5.73 Å². The zero-order chi connectivity index (χ0) is 12.5. The van der Waals surface area contributed by atoms with Gasteiger partial charge in [-0.15, -0.1) is 0 Å². The number of hydrogen-bond donors (Lipinski definition) is 2. The molecule has 0 bridgehead atoms. The van der Waals surface area contributed by atoms with Gasteiger partial charge in [0.15, 0.2) is 9.84 Å².